The van der Waals surface area contributed by atoms with E-state index in [2.05, 4.69) is 126 Å². The number of aliphatic hydroxyl groups excluding tert-OH is 1. The highest BCUT2D eigenvalue weighted by atomic mass is 79.9. The first-order valence-corrected chi connectivity index (χ1v) is 16.9. The Morgan fingerprint density at radius 3 is 1.66 bits per heavy atom. The number of aliphatic hydroxyl groups is 1. The van der Waals surface area contributed by atoms with Gasteiger partial charge in [-0.3, -0.25) is 4.79 Å². The Morgan fingerprint density at radius 2 is 1.29 bits per heavy atom. The average molecular weight is 591 g/mol. The summed E-state index contributed by atoms with van der Waals surface area (Å²) in [5.41, 5.74) is 2.01. The second-order valence-electron chi connectivity index (χ2n) is 10.5. The van der Waals surface area contributed by atoms with Crippen LogP contribution < -0.4 is 15.9 Å². The van der Waals surface area contributed by atoms with Gasteiger partial charge in [-0.25, -0.2) is 0 Å². The number of hydrogen-bond donors (Lipinski definition) is 1. The van der Waals surface area contributed by atoms with E-state index < -0.39 is 12.1 Å². The van der Waals surface area contributed by atoms with Crippen molar-refractivity contribution in [1.82, 2.24) is 0 Å². The Morgan fingerprint density at radius 1 is 0.868 bits per heavy atom. The second kappa shape index (κ2) is 13.5. The zero-order valence-corrected chi connectivity index (χ0v) is 25.5. The minimum Gasteiger partial charge on any atom is -0.392 e. The molecular formula is C34H39BrO2P+. The maximum Gasteiger partial charge on any atom is 0.181 e. The summed E-state index contributed by atoms with van der Waals surface area (Å²) < 4.78 is 0. The molecule has 0 bridgehead atoms. The highest BCUT2D eigenvalue weighted by molar-refractivity contribution is 9.44. The molecular weight excluding hydrogens is 551 g/mol. The van der Waals surface area contributed by atoms with Gasteiger partial charge in [-0.2, -0.15) is 0 Å². The first-order valence-electron chi connectivity index (χ1n) is 13.1. The first kappa shape index (κ1) is 30.0. The third-order valence-electron chi connectivity index (χ3n) is 6.84. The smallest absolute Gasteiger partial charge is 0.181 e. The molecule has 0 aromatic heterocycles. The molecule has 2 unspecified atom stereocenters. The van der Waals surface area contributed by atoms with Crippen molar-refractivity contribution in [3.05, 3.63) is 126 Å². The van der Waals surface area contributed by atoms with Crippen LogP contribution in [0.25, 0.3) is 0 Å². The lowest BCUT2D eigenvalue weighted by molar-refractivity contribution is -0.120. The average Bonchev–Trinajstić information content (AvgIpc) is 2.92. The van der Waals surface area contributed by atoms with Crippen LogP contribution in [0.1, 0.15) is 41.0 Å². The monoisotopic (exact) mass is 589 g/mol. The SMILES string of the molecule is Br[P+](c1ccccc1)(c1ccccc1)c1ccccc1.CC=C(C)C=CC(=O)C1C(C)=CC(C)(C)CC1O. The normalized spacial score (nSPS) is 19.3. The highest BCUT2D eigenvalue weighted by Gasteiger charge is 2.43. The Hall–Kier alpha value is -2.58. The van der Waals surface area contributed by atoms with Crippen molar-refractivity contribution < 1.29 is 9.90 Å². The van der Waals surface area contributed by atoms with Gasteiger partial charge in [0.15, 0.2) is 27.2 Å². The van der Waals surface area contributed by atoms with Crippen molar-refractivity contribution >= 4 is 43.2 Å². The van der Waals surface area contributed by atoms with Crippen molar-refractivity contribution in [1.29, 1.82) is 0 Å². The lowest BCUT2D eigenvalue weighted by Gasteiger charge is -2.35. The van der Waals surface area contributed by atoms with Crippen molar-refractivity contribution in [3.8, 4) is 0 Å². The van der Waals surface area contributed by atoms with Gasteiger partial charge in [-0.15, -0.1) is 0 Å². The number of ketones is 1. The second-order valence-corrected chi connectivity index (χ2v) is 16.4. The Labute approximate surface area is 237 Å². The van der Waals surface area contributed by atoms with Gasteiger partial charge in [-0.1, -0.05) is 97.8 Å². The summed E-state index contributed by atoms with van der Waals surface area (Å²) >= 11 is 4.12. The number of rotatable bonds is 6. The molecule has 3 aromatic rings. The summed E-state index contributed by atoms with van der Waals surface area (Å²) in [6, 6.07) is 32.1. The van der Waals surface area contributed by atoms with E-state index in [0.29, 0.717) is 6.42 Å². The van der Waals surface area contributed by atoms with Crippen LogP contribution in [-0.2, 0) is 4.79 Å². The van der Waals surface area contributed by atoms with Gasteiger partial charge in [0.1, 0.15) is 15.9 Å². The molecule has 0 saturated heterocycles. The fraction of sp³-hybridized carbons (Fsp3) is 0.265. The molecule has 4 rings (SSSR count). The summed E-state index contributed by atoms with van der Waals surface area (Å²) in [5.74, 6) is -2.10. The molecule has 1 N–H and O–H groups in total. The molecule has 198 valence electrons. The van der Waals surface area contributed by atoms with Gasteiger partial charge in [0, 0.05) is 0 Å². The van der Waals surface area contributed by atoms with E-state index in [1.807, 2.05) is 32.9 Å². The van der Waals surface area contributed by atoms with Gasteiger partial charge in [0.2, 0.25) is 0 Å². The van der Waals surface area contributed by atoms with E-state index in [4.69, 9.17) is 0 Å². The van der Waals surface area contributed by atoms with Gasteiger partial charge in [0.05, 0.1) is 12.0 Å². The van der Waals surface area contributed by atoms with E-state index in [-0.39, 0.29) is 17.1 Å². The predicted octanol–water partition coefficient (Wildman–Crippen LogP) is 7.72. The molecule has 0 radical (unpaired) electrons. The number of halogens is 1. The summed E-state index contributed by atoms with van der Waals surface area (Å²) in [6.07, 6.45) is 7.51. The molecule has 2 atom stereocenters. The molecule has 0 fully saturated rings. The van der Waals surface area contributed by atoms with E-state index in [1.54, 1.807) is 6.08 Å². The topological polar surface area (TPSA) is 37.3 Å². The van der Waals surface area contributed by atoms with E-state index in [9.17, 15) is 9.90 Å². The van der Waals surface area contributed by atoms with Crippen molar-refractivity contribution in [2.24, 2.45) is 11.3 Å². The molecule has 38 heavy (non-hydrogen) atoms. The number of carbonyl (C=O) groups excluding carboxylic acids is 1. The third kappa shape index (κ3) is 7.50. The van der Waals surface area contributed by atoms with E-state index in [0.717, 1.165) is 11.1 Å². The maximum absolute atomic E-state index is 12.1. The molecule has 4 heteroatoms. The fourth-order valence-corrected chi connectivity index (χ4v) is 9.67. The quantitative estimate of drug-likeness (QED) is 0.138. The Kier molecular flexibility index (Phi) is 10.6. The summed E-state index contributed by atoms with van der Waals surface area (Å²) in [4.78, 5) is 12.1. The number of allylic oxidation sites excluding steroid dienone is 5. The zero-order valence-electron chi connectivity index (χ0n) is 23.0. The minimum absolute atomic E-state index is 0.00653. The van der Waals surface area contributed by atoms with Crippen LogP contribution in [0.3, 0.4) is 0 Å². The largest absolute Gasteiger partial charge is 0.392 e. The molecule has 1 aliphatic rings. The van der Waals surface area contributed by atoms with Gasteiger partial charge in [0.25, 0.3) is 0 Å². The van der Waals surface area contributed by atoms with Crippen LogP contribution in [0.4, 0.5) is 0 Å². The van der Waals surface area contributed by atoms with Crippen LogP contribution in [-0.4, -0.2) is 17.0 Å². The van der Waals surface area contributed by atoms with E-state index in [1.165, 1.54) is 15.9 Å². The van der Waals surface area contributed by atoms with Crippen LogP contribution in [0.15, 0.2) is 126 Å². The number of carbonyl (C=O) groups is 1. The summed E-state index contributed by atoms with van der Waals surface area (Å²) in [5, 5.41) is 14.2. The van der Waals surface area contributed by atoms with Crippen LogP contribution >= 0.6 is 21.5 Å². The predicted molar refractivity (Wildman–Crippen MR) is 169 cm³/mol. The molecule has 0 spiro atoms. The molecule has 3 aromatic carbocycles. The molecule has 1 aliphatic carbocycles. The molecule has 2 nitrogen and oxygen atoms in total. The van der Waals surface area contributed by atoms with E-state index >= 15 is 0 Å². The first-order chi connectivity index (χ1) is 18.1. The lowest BCUT2D eigenvalue weighted by Crippen LogP contribution is -2.36. The lowest BCUT2D eigenvalue weighted by atomic mass is 9.72. The molecule has 0 saturated carbocycles. The van der Waals surface area contributed by atoms with Crippen LogP contribution in [0.5, 0.6) is 0 Å². The standard InChI is InChI=1S/C18H15BrP.C16H24O2/c19-20(16-10-4-1-5-11-16,17-12-6-2-7-13-17)18-14-8-3-9-15-18;1-6-11(2)7-8-13(17)15-12(3)9-16(4,5)10-14(15)18/h1-15H;6-9,14-15,18H,10H2,1-5H3/q+1;. The summed E-state index contributed by atoms with van der Waals surface area (Å²) in [7, 11) is 0. The van der Waals surface area contributed by atoms with Gasteiger partial charge in [-0.05, 0) is 75.1 Å². The van der Waals surface area contributed by atoms with Crippen molar-refractivity contribution in [2.75, 3.05) is 0 Å². The molecule has 0 aliphatic heterocycles. The van der Waals surface area contributed by atoms with Crippen molar-refractivity contribution in [2.45, 2.75) is 47.1 Å². The fourth-order valence-electron chi connectivity index (χ4n) is 4.90. The summed E-state index contributed by atoms with van der Waals surface area (Å²) in [6.45, 7) is 9.99. The number of benzene rings is 3. The third-order valence-corrected chi connectivity index (χ3v) is 13.6. The Bertz CT molecular complexity index is 1180. The van der Waals surface area contributed by atoms with Crippen LogP contribution in [0, 0.1) is 11.3 Å². The maximum atomic E-state index is 12.1. The van der Waals surface area contributed by atoms with Gasteiger partial charge >= 0.3 is 0 Å². The number of hydrogen-bond acceptors (Lipinski definition) is 2. The minimum atomic E-state index is -1.71. The highest BCUT2D eigenvalue weighted by Crippen LogP contribution is 2.62. The Balaban J connectivity index is 0.000000212. The molecule has 0 amide bonds. The zero-order chi connectivity index (χ0) is 27.8. The molecule has 0 heterocycles. The van der Waals surface area contributed by atoms with Gasteiger partial charge < -0.3 is 5.11 Å². The van der Waals surface area contributed by atoms with Crippen LogP contribution in [0.2, 0.25) is 0 Å². The van der Waals surface area contributed by atoms with Crippen molar-refractivity contribution in [3.63, 3.8) is 0 Å².